The summed E-state index contributed by atoms with van der Waals surface area (Å²) in [7, 11) is 1.39. The molecule has 1 atom stereocenters. The van der Waals surface area contributed by atoms with Crippen LogP contribution in [0.2, 0.25) is 0 Å². The zero-order chi connectivity index (χ0) is 26.4. The first kappa shape index (κ1) is 26.5. The van der Waals surface area contributed by atoms with Crippen LogP contribution in [0.15, 0.2) is 29.4 Å². The summed E-state index contributed by atoms with van der Waals surface area (Å²) in [6.07, 6.45) is 4.44. The van der Waals surface area contributed by atoms with Crippen LogP contribution in [0.25, 0.3) is 0 Å². The van der Waals surface area contributed by atoms with Gasteiger partial charge in [0.15, 0.2) is 11.6 Å². The van der Waals surface area contributed by atoms with Crippen LogP contribution in [0.5, 0.6) is 5.75 Å². The van der Waals surface area contributed by atoms with Crippen LogP contribution in [0.3, 0.4) is 0 Å². The Morgan fingerprint density at radius 2 is 1.95 bits per heavy atom. The average Bonchev–Trinajstić information content (AvgIpc) is 3.41. The van der Waals surface area contributed by atoms with Gasteiger partial charge in [0.2, 0.25) is 5.91 Å². The maximum absolute atomic E-state index is 13.6. The number of benzene rings is 1. The summed E-state index contributed by atoms with van der Waals surface area (Å²) >= 11 is 0. The van der Waals surface area contributed by atoms with Gasteiger partial charge in [0.1, 0.15) is 29.9 Å². The van der Waals surface area contributed by atoms with Crippen LogP contribution in [0, 0.1) is 24.6 Å². The molecule has 0 bridgehead atoms. The lowest BCUT2D eigenvalue weighted by atomic mass is 9.78. The van der Waals surface area contributed by atoms with E-state index in [0.29, 0.717) is 47.6 Å². The molecule has 1 fully saturated rings. The maximum atomic E-state index is 13.6. The first-order valence-corrected chi connectivity index (χ1v) is 12.4. The Morgan fingerprint density at radius 1 is 1.16 bits per heavy atom. The van der Waals surface area contributed by atoms with Crippen LogP contribution in [-0.4, -0.2) is 59.0 Å². The number of ether oxygens (including phenoxy) is 1. The Balaban J connectivity index is 1.32. The highest BCUT2D eigenvalue weighted by Crippen LogP contribution is 2.35. The number of hydrogen-bond acceptors (Lipinski definition) is 8. The van der Waals surface area contributed by atoms with Gasteiger partial charge in [0.05, 0.1) is 12.8 Å². The van der Waals surface area contributed by atoms with Crippen molar-refractivity contribution >= 4 is 17.5 Å². The predicted molar refractivity (Wildman–Crippen MR) is 132 cm³/mol. The molecule has 2 aliphatic rings. The fourth-order valence-electron chi connectivity index (χ4n) is 4.80. The SMILES string of the molecule is COc1cc(CNC(=O)c2cc(C3=NO[C@H](C4CCC(CNC(=O)CO)CC4)C3)nc(C)n2)ccc1F. The average molecular weight is 514 g/mol. The molecular weight excluding hydrogens is 481 g/mol. The van der Waals surface area contributed by atoms with Crippen LogP contribution in [0.4, 0.5) is 4.39 Å². The minimum Gasteiger partial charge on any atom is -0.494 e. The molecule has 0 spiro atoms. The second kappa shape index (κ2) is 12.1. The molecule has 0 saturated heterocycles. The van der Waals surface area contributed by atoms with E-state index in [1.54, 1.807) is 19.1 Å². The van der Waals surface area contributed by atoms with Crippen molar-refractivity contribution in [3.8, 4) is 5.75 Å². The minimum atomic E-state index is -0.485. The fourth-order valence-corrected chi connectivity index (χ4v) is 4.80. The highest BCUT2D eigenvalue weighted by atomic mass is 19.1. The molecule has 1 aliphatic carbocycles. The Morgan fingerprint density at radius 3 is 2.68 bits per heavy atom. The molecular formula is C26H32FN5O5. The summed E-state index contributed by atoms with van der Waals surface area (Å²) in [4.78, 5) is 38.6. The van der Waals surface area contributed by atoms with Crippen molar-refractivity contribution in [1.82, 2.24) is 20.6 Å². The number of rotatable bonds is 9. The van der Waals surface area contributed by atoms with E-state index in [2.05, 4.69) is 25.8 Å². The van der Waals surface area contributed by atoms with Crippen molar-refractivity contribution < 1.29 is 28.7 Å². The van der Waals surface area contributed by atoms with E-state index in [-0.39, 0.29) is 35.9 Å². The number of nitrogens with one attached hydrogen (secondary N) is 2. The summed E-state index contributed by atoms with van der Waals surface area (Å²) in [5, 5.41) is 18.7. The summed E-state index contributed by atoms with van der Waals surface area (Å²) in [6.45, 7) is 2.00. The van der Waals surface area contributed by atoms with Crippen LogP contribution < -0.4 is 15.4 Å². The highest BCUT2D eigenvalue weighted by Gasteiger charge is 2.34. The first-order chi connectivity index (χ1) is 17.9. The van der Waals surface area contributed by atoms with Gasteiger partial charge in [-0.3, -0.25) is 9.59 Å². The molecule has 10 nitrogen and oxygen atoms in total. The Bertz CT molecular complexity index is 1170. The number of aryl methyl sites for hydroxylation is 1. The molecule has 1 aliphatic heterocycles. The molecule has 1 aromatic carbocycles. The maximum Gasteiger partial charge on any atom is 0.270 e. The van der Waals surface area contributed by atoms with E-state index in [4.69, 9.17) is 14.7 Å². The van der Waals surface area contributed by atoms with E-state index < -0.39 is 12.4 Å². The van der Waals surface area contributed by atoms with Crippen LogP contribution in [0.1, 0.15) is 59.7 Å². The van der Waals surface area contributed by atoms with E-state index in [1.807, 2.05) is 0 Å². The smallest absolute Gasteiger partial charge is 0.270 e. The third-order valence-electron chi connectivity index (χ3n) is 6.88. The number of hydrogen-bond donors (Lipinski definition) is 3. The number of nitrogens with zero attached hydrogens (tertiary/aromatic N) is 3. The van der Waals surface area contributed by atoms with E-state index >= 15 is 0 Å². The molecule has 3 N–H and O–H groups in total. The van der Waals surface area contributed by atoms with Crippen molar-refractivity contribution in [3.63, 3.8) is 0 Å². The molecule has 2 heterocycles. The van der Waals surface area contributed by atoms with Gasteiger partial charge in [0.25, 0.3) is 5.91 Å². The first-order valence-electron chi connectivity index (χ1n) is 12.4. The summed E-state index contributed by atoms with van der Waals surface area (Å²) in [5.74, 6) is 0.122. The molecule has 4 rings (SSSR count). The molecule has 198 valence electrons. The number of aliphatic hydroxyl groups is 1. The number of carbonyl (C=O) groups excluding carboxylic acids is 2. The quantitative estimate of drug-likeness (QED) is 0.468. The lowest BCUT2D eigenvalue weighted by Gasteiger charge is -2.30. The van der Waals surface area contributed by atoms with Crippen molar-refractivity contribution in [2.75, 3.05) is 20.3 Å². The van der Waals surface area contributed by atoms with Crippen molar-refractivity contribution in [1.29, 1.82) is 0 Å². The molecule has 37 heavy (non-hydrogen) atoms. The van der Waals surface area contributed by atoms with Crippen LogP contribution >= 0.6 is 0 Å². The molecule has 1 aromatic heterocycles. The number of oxime groups is 1. The zero-order valence-corrected chi connectivity index (χ0v) is 21.0. The Hall–Kier alpha value is -3.60. The largest absolute Gasteiger partial charge is 0.494 e. The predicted octanol–water partition coefficient (Wildman–Crippen LogP) is 2.27. The summed E-state index contributed by atoms with van der Waals surface area (Å²) in [6, 6.07) is 6.02. The second-order valence-corrected chi connectivity index (χ2v) is 9.47. The Kier molecular flexibility index (Phi) is 8.65. The van der Waals surface area contributed by atoms with E-state index in [1.165, 1.54) is 19.2 Å². The van der Waals surface area contributed by atoms with E-state index in [9.17, 15) is 14.0 Å². The van der Waals surface area contributed by atoms with Gasteiger partial charge in [-0.25, -0.2) is 14.4 Å². The molecule has 2 amide bonds. The highest BCUT2D eigenvalue weighted by molar-refractivity contribution is 6.01. The molecule has 0 radical (unpaired) electrons. The monoisotopic (exact) mass is 513 g/mol. The summed E-state index contributed by atoms with van der Waals surface area (Å²) < 4.78 is 18.6. The van der Waals surface area contributed by atoms with Gasteiger partial charge in [-0.15, -0.1) is 0 Å². The lowest BCUT2D eigenvalue weighted by molar-refractivity contribution is -0.124. The summed E-state index contributed by atoms with van der Waals surface area (Å²) in [5.41, 5.74) is 2.15. The number of halogens is 1. The number of amides is 2. The van der Waals surface area contributed by atoms with Crippen molar-refractivity contribution in [3.05, 3.63) is 52.9 Å². The normalized spacial score (nSPS) is 21.1. The molecule has 0 unspecified atom stereocenters. The number of aromatic nitrogens is 2. The van der Waals surface area contributed by atoms with Gasteiger partial charge < -0.3 is 25.3 Å². The Labute approximate surface area is 214 Å². The van der Waals surface area contributed by atoms with Gasteiger partial charge >= 0.3 is 0 Å². The van der Waals surface area contributed by atoms with Gasteiger partial charge in [-0.1, -0.05) is 11.2 Å². The van der Waals surface area contributed by atoms with Crippen LogP contribution in [-0.2, 0) is 16.2 Å². The fraction of sp³-hybridized carbons (Fsp3) is 0.500. The number of carbonyl (C=O) groups is 2. The number of methoxy groups -OCH3 is 1. The van der Waals surface area contributed by atoms with E-state index in [0.717, 1.165) is 25.7 Å². The number of aliphatic hydroxyl groups excluding tert-OH is 1. The lowest BCUT2D eigenvalue weighted by Crippen LogP contribution is -2.34. The van der Waals surface area contributed by atoms with Crippen molar-refractivity contribution in [2.45, 2.75) is 51.7 Å². The molecule has 1 saturated carbocycles. The topological polar surface area (TPSA) is 135 Å². The minimum absolute atomic E-state index is 0.0519. The molecule has 2 aromatic rings. The third kappa shape index (κ3) is 6.79. The van der Waals surface area contributed by atoms with Crippen molar-refractivity contribution in [2.24, 2.45) is 17.0 Å². The van der Waals surface area contributed by atoms with Gasteiger partial charge in [-0.05, 0) is 68.2 Å². The standard InChI is InChI=1S/C26H32FN5O5/c1-15-30-20(10-22(31-15)26(35)29-13-17-5-8-19(27)24(9-17)36-2)21-11-23(37-32-21)18-6-3-16(4-7-18)12-28-25(34)14-33/h5,8-10,16,18,23,33H,3-4,6-7,11-14H2,1-2H3,(H,28,34)(H,29,35)/t16?,18?,23-/m0/s1. The zero-order valence-electron chi connectivity index (χ0n) is 21.0. The van der Waals surface area contributed by atoms with Gasteiger partial charge in [-0.2, -0.15) is 0 Å². The third-order valence-corrected chi connectivity index (χ3v) is 6.88. The van der Waals surface area contributed by atoms with Gasteiger partial charge in [0, 0.05) is 19.5 Å². The molecule has 11 heteroatoms. The second-order valence-electron chi connectivity index (χ2n) is 9.47.